The zero-order valence-corrected chi connectivity index (χ0v) is 8.42. The van der Waals surface area contributed by atoms with Crippen molar-refractivity contribution >= 4 is 5.78 Å². The summed E-state index contributed by atoms with van der Waals surface area (Å²) in [5.41, 5.74) is 8.88. The van der Waals surface area contributed by atoms with Crippen molar-refractivity contribution in [1.29, 1.82) is 0 Å². The van der Waals surface area contributed by atoms with E-state index in [0.29, 0.717) is 18.9 Å². The van der Waals surface area contributed by atoms with Crippen LogP contribution in [0.1, 0.15) is 40.2 Å². The van der Waals surface area contributed by atoms with E-state index in [4.69, 9.17) is 5.73 Å². The zero-order chi connectivity index (χ0) is 10.1. The van der Waals surface area contributed by atoms with E-state index in [-0.39, 0.29) is 5.78 Å². The Morgan fingerprint density at radius 2 is 2.29 bits per heavy atom. The van der Waals surface area contributed by atoms with Crippen LogP contribution >= 0.6 is 0 Å². The van der Waals surface area contributed by atoms with Gasteiger partial charge in [0.1, 0.15) is 0 Å². The number of carbonyl (C=O) groups excluding carboxylic acids is 1. The van der Waals surface area contributed by atoms with Gasteiger partial charge in [0.25, 0.3) is 0 Å². The molecule has 0 amide bonds. The van der Waals surface area contributed by atoms with Crippen LogP contribution in [0.3, 0.4) is 0 Å². The van der Waals surface area contributed by atoms with Gasteiger partial charge in [0.15, 0.2) is 5.78 Å². The Kier molecular flexibility index (Phi) is 2.38. The highest BCUT2D eigenvalue weighted by atomic mass is 16.1. The summed E-state index contributed by atoms with van der Waals surface area (Å²) in [5.74, 6) is 0.650. The minimum absolute atomic E-state index is 0.272. The predicted octanol–water partition coefficient (Wildman–Crippen LogP) is 2.01. The molecule has 2 rings (SSSR count). The van der Waals surface area contributed by atoms with Gasteiger partial charge in [0, 0.05) is 12.0 Å². The average molecular weight is 189 g/mol. The summed E-state index contributed by atoms with van der Waals surface area (Å²) in [7, 11) is 0. The molecule has 0 radical (unpaired) electrons. The molecular weight excluding hydrogens is 174 g/mol. The molecule has 74 valence electrons. The molecule has 1 aromatic carbocycles. The van der Waals surface area contributed by atoms with Crippen molar-refractivity contribution in [1.82, 2.24) is 0 Å². The van der Waals surface area contributed by atoms with Crippen LogP contribution in [-0.2, 0) is 0 Å². The second-order valence-electron chi connectivity index (χ2n) is 3.99. The summed E-state index contributed by atoms with van der Waals surface area (Å²) in [6.07, 6.45) is 1.56. The highest BCUT2D eigenvalue weighted by molar-refractivity contribution is 5.99. The predicted molar refractivity (Wildman–Crippen MR) is 56.5 cm³/mol. The summed E-state index contributed by atoms with van der Waals surface area (Å²) in [4.78, 5) is 11.7. The molecule has 0 saturated heterocycles. The summed E-state index contributed by atoms with van der Waals surface area (Å²) >= 11 is 0. The van der Waals surface area contributed by atoms with Crippen molar-refractivity contribution in [3.05, 3.63) is 34.9 Å². The molecule has 2 nitrogen and oxygen atoms in total. The molecule has 2 N–H and O–H groups in total. The van der Waals surface area contributed by atoms with Crippen molar-refractivity contribution in [2.24, 2.45) is 5.73 Å². The molecule has 0 saturated carbocycles. The second kappa shape index (κ2) is 3.54. The minimum atomic E-state index is 0.272. The van der Waals surface area contributed by atoms with Crippen LogP contribution < -0.4 is 5.73 Å². The third-order valence-electron chi connectivity index (χ3n) is 2.95. The molecule has 1 atom stereocenters. The number of aryl methyl sites for hydroxylation is 1. The number of hydrogen-bond donors (Lipinski definition) is 1. The summed E-state index contributed by atoms with van der Waals surface area (Å²) in [6.45, 7) is 2.66. The summed E-state index contributed by atoms with van der Waals surface area (Å²) < 4.78 is 0. The number of ketones is 1. The quantitative estimate of drug-likeness (QED) is 0.734. The first-order valence-corrected chi connectivity index (χ1v) is 5.06. The summed E-state index contributed by atoms with van der Waals surface area (Å²) in [5, 5.41) is 0. The lowest BCUT2D eigenvalue weighted by Crippen LogP contribution is -2.21. The molecule has 0 fully saturated rings. The Hall–Kier alpha value is -1.15. The molecule has 14 heavy (non-hydrogen) atoms. The Morgan fingerprint density at radius 1 is 1.50 bits per heavy atom. The van der Waals surface area contributed by atoms with Crippen LogP contribution in [0, 0.1) is 6.92 Å². The average Bonchev–Trinajstić information content (AvgIpc) is 2.19. The maximum absolute atomic E-state index is 11.7. The van der Waals surface area contributed by atoms with Crippen LogP contribution in [0.15, 0.2) is 18.2 Å². The van der Waals surface area contributed by atoms with Crippen LogP contribution in [0.5, 0.6) is 0 Å². The van der Waals surface area contributed by atoms with E-state index in [1.807, 2.05) is 13.0 Å². The van der Waals surface area contributed by atoms with Crippen LogP contribution in [-0.4, -0.2) is 12.3 Å². The molecule has 0 bridgehead atoms. The fourth-order valence-electron chi connectivity index (χ4n) is 2.11. The molecule has 0 spiro atoms. The van der Waals surface area contributed by atoms with E-state index in [1.165, 1.54) is 0 Å². The van der Waals surface area contributed by atoms with Gasteiger partial charge >= 0.3 is 0 Å². The van der Waals surface area contributed by atoms with Crippen molar-refractivity contribution in [3.8, 4) is 0 Å². The van der Waals surface area contributed by atoms with E-state index in [2.05, 4.69) is 12.1 Å². The monoisotopic (exact) mass is 189 g/mol. The van der Waals surface area contributed by atoms with E-state index >= 15 is 0 Å². The normalized spacial score (nSPS) is 20.7. The van der Waals surface area contributed by atoms with Crippen molar-refractivity contribution in [2.75, 3.05) is 6.54 Å². The standard InChI is InChI=1S/C12H15NO/c1-8-2-4-10-9(7-13)3-5-12(14)11(10)6-8/h2,4,6,9H,3,5,7,13H2,1H3. The van der Waals surface area contributed by atoms with Crippen molar-refractivity contribution in [2.45, 2.75) is 25.7 Å². The van der Waals surface area contributed by atoms with Gasteiger partial charge in [-0.1, -0.05) is 17.7 Å². The zero-order valence-electron chi connectivity index (χ0n) is 8.42. The number of benzene rings is 1. The smallest absolute Gasteiger partial charge is 0.163 e. The van der Waals surface area contributed by atoms with Crippen molar-refractivity contribution < 1.29 is 4.79 Å². The SMILES string of the molecule is Cc1ccc2c(c1)C(=O)CCC2CN. The van der Waals surface area contributed by atoms with Gasteiger partial charge in [-0.2, -0.15) is 0 Å². The number of fused-ring (bicyclic) bond motifs is 1. The molecule has 0 aromatic heterocycles. The number of hydrogen-bond acceptors (Lipinski definition) is 2. The Balaban J connectivity index is 2.51. The molecule has 0 aliphatic heterocycles. The van der Waals surface area contributed by atoms with Gasteiger partial charge < -0.3 is 5.73 Å². The fraction of sp³-hybridized carbons (Fsp3) is 0.417. The highest BCUT2D eigenvalue weighted by Gasteiger charge is 2.24. The van der Waals surface area contributed by atoms with Crippen LogP contribution in [0.25, 0.3) is 0 Å². The van der Waals surface area contributed by atoms with Gasteiger partial charge in [-0.25, -0.2) is 0 Å². The van der Waals surface area contributed by atoms with E-state index < -0.39 is 0 Å². The van der Waals surface area contributed by atoms with Crippen molar-refractivity contribution in [3.63, 3.8) is 0 Å². The Bertz CT molecular complexity index is 371. The molecule has 0 heterocycles. The lowest BCUT2D eigenvalue weighted by molar-refractivity contribution is 0.0967. The molecule has 2 heteroatoms. The first-order chi connectivity index (χ1) is 6.72. The van der Waals surface area contributed by atoms with Gasteiger partial charge in [-0.3, -0.25) is 4.79 Å². The molecule has 1 aliphatic carbocycles. The topological polar surface area (TPSA) is 43.1 Å². The van der Waals surface area contributed by atoms with Gasteiger partial charge in [0.05, 0.1) is 0 Å². The number of nitrogens with two attached hydrogens (primary N) is 1. The second-order valence-corrected chi connectivity index (χ2v) is 3.99. The Morgan fingerprint density at radius 3 is 3.00 bits per heavy atom. The maximum atomic E-state index is 11.7. The summed E-state index contributed by atoms with van der Waals surface area (Å²) in [6, 6.07) is 6.10. The molecule has 1 aromatic rings. The largest absolute Gasteiger partial charge is 0.330 e. The Labute approximate surface area is 84.1 Å². The first kappa shape index (κ1) is 9.41. The van der Waals surface area contributed by atoms with Gasteiger partial charge in [-0.15, -0.1) is 0 Å². The fourth-order valence-corrected chi connectivity index (χ4v) is 2.11. The van der Waals surface area contributed by atoms with Crippen LogP contribution in [0.4, 0.5) is 0 Å². The third-order valence-corrected chi connectivity index (χ3v) is 2.95. The minimum Gasteiger partial charge on any atom is -0.330 e. The lowest BCUT2D eigenvalue weighted by atomic mass is 9.81. The molecule has 1 aliphatic rings. The highest BCUT2D eigenvalue weighted by Crippen LogP contribution is 2.31. The number of rotatable bonds is 1. The lowest BCUT2D eigenvalue weighted by Gasteiger charge is -2.23. The third kappa shape index (κ3) is 1.46. The van der Waals surface area contributed by atoms with E-state index in [9.17, 15) is 4.79 Å². The van der Waals surface area contributed by atoms with Gasteiger partial charge in [-0.05, 0) is 37.4 Å². The number of Topliss-reactive ketones (excluding diaryl/α,β-unsaturated/α-hetero) is 1. The molecule has 1 unspecified atom stereocenters. The van der Waals surface area contributed by atoms with E-state index in [1.54, 1.807) is 0 Å². The number of carbonyl (C=O) groups is 1. The van der Waals surface area contributed by atoms with Crippen LogP contribution in [0.2, 0.25) is 0 Å². The first-order valence-electron chi connectivity index (χ1n) is 5.06. The molecular formula is C12H15NO. The van der Waals surface area contributed by atoms with Gasteiger partial charge in [0.2, 0.25) is 0 Å². The van der Waals surface area contributed by atoms with E-state index in [0.717, 1.165) is 23.1 Å². The maximum Gasteiger partial charge on any atom is 0.163 e.